The fourth-order valence-electron chi connectivity index (χ4n) is 5.11. The minimum absolute atomic E-state index is 0.0660. The number of amides is 1. The molecule has 1 saturated heterocycles. The Balaban J connectivity index is 1.28. The van der Waals surface area contributed by atoms with Crippen LogP contribution in [0.2, 0.25) is 0 Å². The number of carbonyl (C=O) groups excluding carboxylic acids is 1. The molecule has 7 heteroatoms. The van der Waals surface area contributed by atoms with Crippen LogP contribution in [0.1, 0.15) is 39.3 Å². The molecule has 0 bridgehead atoms. The van der Waals surface area contributed by atoms with Crippen LogP contribution in [0.15, 0.2) is 42.5 Å². The topological polar surface area (TPSA) is 59.8 Å². The first-order valence-corrected chi connectivity index (χ1v) is 12.0. The highest BCUT2D eigenvalue weighted by molar-refractivity contribution is 5.94. The molecule has 2 heterocycles. The van der Waals surface area contributed by atoms with Crippen LogP contribution in [-0.4, -0.2) is 65.9 Å². The number of piperazine rings is 1. The van der Waals surface area contributed by atoms with Crippen molar-refractivity contribution in [1.29, 1.82) is 0 Å². The first-order chi connectivity index (χ1) is 16.6. The smallest absolute Gasteiger partial charge is 0.274 e. The highest BCUT2D eigenvalue weighted by Gasteiger charge is 2.31. The van der Waals surface area contributed by atoms with Crippen LogP contribution in [0.4, 0.5) is 0 Å². The third-order valence-corrected chi connectivity index (χ3v) is 6.99. The predicted octanol–water partition coefficient (Wildman–Crippen LogP) is 3.64. The molecule has 178 valence electrons. The predicted molar refractivity (Wildman–Crippen MR) is 131 cm³/mol. The summed E-state index contributed by atoms with van der Waals surface area (Å²) in [7, 11) is 3.30. The summed E-state index contributed by atoms with van der Waals surface area (Å²) < 4.78 is 12.8. The third kappa shape index (κ3) is 4.16. The Labute approximate surface area is 200 Å². The monoisotopic (exact) mass is 460 g/mol. The normalized spacial score (nSPS) is 15.9. The van der Waals surface area contributed by atoms with Gasteiger partial charge in [0.15, 0.2) is 17.2 Å². The number of para-hydroxylation sites is 1. The number of hydrogen-bond acceptors (Lipinski definition) is 5. The Morgan fingerprint density at radius 2 is 1.74 bits per heavy atom. The van der Waals surface area contributed by atoms with Gasteiger partial charge < -0.3 is 14.4 Å². The number of nitrogens with zero attached hydrogens (tertiary/aromatic N) is 4. The van der Waals surface area contributed by atoms with Crippen LogP contribution < -0.4 is 9.47 Å². The highest BCUT2D eigenvalue weighted by atomic mass is 16.5. The zero-order valence-electron chi connectivity index (χ0n) is 20.2. The van der Waals surface area contributed by atoms with E-state index in [0.29, 0.717) is 18.8 Å². The van der Waals surface area contributed by atoms with Gasteiger partial charge in [-0.2, -0.15) is 5.10 Å². The Morgan fingerprint density at radius 1 is 0.971 bits per heavy atom. The SMILES string of the molecule is COc1ccc(CN2CCN(C(=O)c3nn(-c4ccccc4C)c4c3CCC4)CC2)cc1OC. The maximum Gasteiger partial charge on any atom is 0.274 e. The average Bonchev–Trinajstić information content (AvgIpc) is 3.48. The molecule has 0 radical (unpaired) electrons. The highest BCUT2D eigenvalue weighted by Crippen LogP contribution is 2.30. The fraction of sp³-hybridized carbons (Fsp3) is 0.407. The van der Waals surface area contributed by atoms with Gasteiger partial charge in [-0.15, -0.1) is 0 Å². The maximum absolute atomic E-state index is 13.5. The Bertz CT molecular complexity index is 1190. The largest absolute Gasteiger partial charge is 0.493 e. The molecule has 0 spiro atoms. The molecule has 1 amide bonds. The summed E-state index contributed by atoms with van der Waals surface area (Å²) in [5, 5.41) is 4.85. The van der Waals surface area contributed by atoms with E-state index in [1.165, 1.54) is 16.8 Å². The summed E-state index contributed by atoms with van der Waals surface area (Å²) in [4.78, 5) is 17.9. The second-order valence-electron chi connectivity index (χ2n) is 9.08. The van der Waals surface area contributed by atoms with Crippen LogP contribution >= 0.6 is 0 Å². The van der Waals surface area contributed by atoms with Crippen molar-refractivity contribution in [2.45, 2.75) is 32.7 Å². The summed E-state index contributed by atoms with van der Waals surface area (Å²) in [5.74, 6) is 1.54. The zero-order valence-corrected chi connectivity index (χ0v) is 20.2. The quantitative estimate of drug-likeness (QED) is 0.562. The van der Waals surface area contributed by atoms with Gasteiger partial charge in [0.25, 0.3) is 5.91 Å². The molecule has 0 N–H and O–H groups in total. The van der Waals surface area contributed by atoms with Crippen LogP contribution in [-0.2, 0) is 19.4 Å². The Morgan fingerprint density at radius 3 is 2.47 bits per heavy atom. The number of hydrogen-bond donors (Lipinski definition) is 0. The van der Waals surface area contributed by atoms with Crippen molar-refractivity contribution < 1.29 is 14.3 Å². The van der Waals surface area contributed by atoms with E-state index in [-0.39, 0.29) is 5.91 Å². The average molecular weight is 461 g/mol. The molecular formula is C27H32N4O3. The van der Waals surface area contributed by atoms with Crippen LogP contribution in [0.3, 0.4) is 0 Å². The van der Waals surface area contributed by atoms with Gasteiger partial charge in [-0.05, 0) is 55.5 Å². The zero-order chi connectivity index (χ0) is 23.7. The molecule has 2 aliphatic rings. The first-order valence-electron chi connectivity index (χ1n) is 12.0. The van der Waals surface area contributed by atoms with Gasteiger partial charge in [0.1, 0.15) is 0 Å². The molecule has 2 aromatic carbocycles. The molecule has 34 heavy (non-hydrogen) atoms. The van der Waals surface area contributed by atoms with E-state index in [1.807, 2.05) is 33.8 Å². The van der Waals surface area contributed by atoms with Crippen molar-refractivity contribution in [3.05, 3.63) is 70.5 Å². The number of aryl methyl sites for hydroxylation is 1. The number of methoxy groups -OCH3 is 2. The van der Waals surface area contributed by atoms with Crippen LogP contribution in [0, 0.1) is 6.92 Å². The van der Waals surface area contributed by atoms with E-state index in [9.17, 15) is 4.79 Å². The Kier molecular flexibility index (Phi) is 6.28. The van der Waals surface area contributed by atoms with E-state index >= 15 is 0 Å². The van der Waals surface area contributed by atoms with E-state index in [2.05, 4.69) is 30.0 Å². The van der Waals surface area contributed by atoms with Gasteiger partial charge in [-0.3, -0.25) is 9.69 Å². The number of ether oxygens (including phenoxy) is 2. The fourth-order valence-corrected chi connectivity index (χ4v) is 5.11. The summed E-state index contributed by atoms with van der Waals surface area (Å²) >= 11 is 0. The number of carbonyl (C=O) groups is 1. The molecule has 0 unspecified atom stereocenters. The van der Waals surface area contributed by atoms with Gasteiger partial charge in [-0.25, -0.2) is 4.68 Å². The lowest BCUT2D eigenvalue weighted by atomic mass is 10.1. The molecule has 7 nitrogen and oxygen atoms in total. The van der Waals surface area contributed by atoms with E-state index < -0.39 is 0 Å². The van der Waals surface area contributed by atoms with Crippen molar-refractivity contribution in [1.82, 2.24) is 19.6 Å². The number of rotatable bonds is 6. The molecule has 0 atom stereocenters. The molecule has 1 aliphatic carbocycles. The van der Waals surface area contributed by atoms with Crippen molar-refractivity contribution in [2.24, 2.45) is 0 Å². The van der Waals surface area contributed by atoms with E-state index in [1.54, 1.807) is 14.2 Å². The number of fused-ring (bicyclic) bond motifs is 1. The second kappa shape index (κ2) is 9.50. The lowest BCUT2D eigenvalue weighted by Crippen LogP contribution is -2.48. The summed E-state index contributed by atoms with van der Waals surface area (Å²) in [6, 6.07) is 14.3. The van der Waals surface area contributed by atoms with Gasteiger partial charge in [0.2, 0.25) is 0 Å². The molecule has 3 aromatic rings. The lowest BCUT2D eigenvalue weighted by Gasteiger charge is -2.34. The molecule has 1 aromatic heterocycles. The molecule has 5 rings (SSSR count). The van der Waals surface area contributed by atoms with Crippen molar-refractivity contribution in [2.75, 3.05) is 40.4 Å². The summed E-state index contributed by atoms with van der Waals surface area (Å²) in [6.07, 6.45) is 2.99. The van der Waals surface area contributed by atoms with Gasteiger partial charge in [-0.1, -0.05) is 24.3 Å². The summed E-state index contributed by atoms with van der Waals surface area (Å²) in [6.45, 7) is 6.00. The molecule has 1 aliphatic heterocycles. The number of aromatic nitrogens is 2. The maximum atomic E-state index is 13.5. The minimum atomic E-state index is 0.0660. The van der Waals surface area contributed by atoms with Crippen LogP contribution in [0.25, 0.3) is 5.69 Å². The van der Waals surface area contributed by atoms with Crippen molar-refractivity contribution in [3.8, 4) is 17.2 Å². The molecular weight excluding hydrogens is 428 g/mol. The minimum Gasteiger partial charge on any atom is -0.493 e. The lowest BCUT2D eigenvalue weighted by molar-refractivity contribution is 0.0621. The van der Waals surface area contributed by atoms with Gasteiger partial charge in [0.05, 0.1) is 19.9 Å². The van der Waals surface area contributed by atoms with Crippen LogP contribution in [0.5, 0.6) is 11.5 Å². The number of benzene rings is 2. The first kappa shape index (κ1) is 22.5. The standard InChI is InChI=1S/C27H32N4O3/c1-19-7-4-5-9-22(19)31-23-10-6-8-21(23)26(28-31)27(32)30-15-13-29(14-16-30)18-20-11-12-24(33-2)25(17-20)34-3/h4-5,7,9,11-12,17H,6,8,10,13-16,18H2,1-3H3. The molecule has 1 fully saturated rings. The van der Waals surface area contributed by atoms with E-state index in [0.717, 1.165) is 61.6 Å². The second-order valence-corrected chi connectivity index (χ2v) is 9.08. The molecule has 0 saturated carbocycles. The Hall–Kier alpha value is -3.32. The third-order valence-electron chi connectivity index (χ3n) is 6.99. The van der Waals surface area contributed by atoms with Crippen molar-refractivity contribution in [3.63, 3.8) is 0 Å². The van der Waals surface area contributed by atoms with Gasteiger partial charge in [0, 0.05) is 44.0 Å². The van der Waals surface area contributed by atoms with Gasteiger partial charge >= 0.3 is 0 Å². The summed E-state index contributed by atoms with van der Waals surface area (Å²) in [5.41, 5.74) is 6.39. The van der Waals surface area contributed by atoms with Crippen molar-refractivity contribution >= 4 is 5.91 Å². The van der Waals surface area contributed by atoms with E-state index in [4.69, 9.17) is 14.6 Å².